The van der Waals surface area contributed by atoms with Crippen LogP contribution in [0.4, 0.5) is 0 Å². The summed E-state index contributed by atoms with van der Waals surface area (Å²) in [7, 11) is -4.08. The second kappa shape index (κ2) is 12.3. The molecule has 0 aromatic heterocycles. The van der Waals surface area contributed by atoms with Gasteiger partial charge in [-0.3, -0.25) is 9.80 Å². The lowest BCUT2D eigenvalue weighted by molar-refractivity contribution is -0.666. The molecule has 2 aromatic carbocycles. The summed E-state index contributed by atoms with van der Waals surface area (Å²) in [6, 6.07) is 3.88. The minimum Gasteiger partial charge on any atom is -0.870 e. The summed E-state index contributed by atoms with van der Waals surface area (Å²) in [6.07, 6.45) is 0. The Balaban J connectivity index is 0.000000212. The van der Waals surface area contributed by atoms with E-state index in [4.69, 9.17) is 46.4 Å². The summed E-state index contributed by atoms with van der Waals surface area (Å²) < 4.78 is 24.9. The average molecular weight is 572 g/mol. The zero-order valence-corrected chi connectivity index (χ0v) is 22.1. The van der Waals surface area contributed by atoms with Gasteiger partial charge in [0.15, 0.2) is 0 Å². The van der Waals surface area contributed by atoms with Gasteiger partial charge < -0.3 is 20.8 Å². The van der Waals surface area contributed by atoms with Crippen LogP contribution >= 0.6 is 46.4 Å². The van der Waals surface area contributed by atoms with Gasteiger partial charge in [0.25, 0.3) is 0 Å². The third-order valence-electron chi connectivity index (χ3n) is 5.56. The largest absolute Gasteiger partial charge is 0.870 e. The number of hydrogen-bond acceptors (Lipinski definition) is 6. The molecule has 0 unspecified atom stereocenters. The second-order valence-corrected chi connectivity index (χ2v) is 11.6. The zero-order valence-electron chi connectivity index (χ0n) is 18.3. The van der Waals surface area contributed by atoms with Crippen molar-refractivity contribution in [3.8, 4) is 11.5 Å². The number of hydrogen-bond donors (Lipinski definition) is 2. The highest BCUT2D eigenvalue weighted by Gasteiger charge is 2.21. The van der Waals surface area contributed by atoms with Crippen LogP contribution in [0.25, 0.3) is 0 Å². The monoisotopic (exact) mass is 570 g/mol. The number of rotatable bonds is 4. The standard InChI is InChI=1S/C12H6Cl4O4S.C9H20N4/c13-7-1-5(2-8(14)11(7)17)21(19,20)6-3-9(15)12(18)10(16)4-6;1-5-12(6-2-10-1)9-13-7-3-11-4-8-13/h1-4,17-18H;10-11H,1-9H2. The van der Waals surface area contributed by atoms with Crippen molar-refractivity contribution in [2.75, 3.05) is 59.0 Å². The topological polar surface area (TPSA) is 120 Å². The van der Waals surface area contributed by atoms with Crippen molar-refractivity contribution < 1.29 is 29.3 Å². The van der Waals surface area contributed by atoms with E-state index in [0.29, 0.717) is 0 Å². The van der Waals surface area contributed by atoms with Gasteiger partial charge in [-0.1, -0.05) is 57.9 Å². The van der Waals surface area contributed by atoms with Gasteiger partial charge in [0.1, 0.15) is 0 Å². The molecule has 34 heavy (non-hydrogen) atoms. The first-order chi connectivity index (χ1) is 16.1. The fraction of sp³-hybridized carbons (Fsp3) is 0.429. The van der Waals surface area contributed by atoms with Crippen LogP contribution < -0.4 is 20.8 Å². The second-order valence-electron chi connectivity index (χ2n) is 8.05. The highest BCUT2D eigenvalue weighted by atomic mass is 35.5. The highest BCUT2D eigenvalue weighted by molar-refractivity contribution is 7.91. The SMILES string of the molecule is C1CN(CN2CC[NH2+]CC2)CC[NH2+]1.O=S(=O)(c1cc(Cl)c([O-])c(Cl)c1)c1cc(Cl)c([O-])c(Cl)c1. The van der Waals surface area contributed by atoms with E-state index in [1.807, 2.05) is 0 Å². The highest BCUT2D eigenvalue weighted by Crippen LogP contribution is 2.37. The minimum absolute atomic E-state index is 0.303. The molecule has 0 amide bonds. The number of piperazine rings is 2. The molecule has 0 radical (unpaired) electrons. The molecule has 0 atom stereocenters. The summed E-state index contributed by atoms with van der Waals surface area (Å²) in [6.45, 7) is 11.5. The Kier molecular flexibility index (Phi) is 9.97. The maximum atomic E-state index is 12.4. The zero-order chi connectivity index (χ0) is 24.9. The van der Waals surface area contributed by atoms with Crippen LogP contribution in [0.3, 0.4) is 0 Å². The van der Waals surface area contributed by atoms with E-state index in [-0.39, 0.29) is 29.9 Å². The number of benzene rings is 2. The summed E-state index contributed by atoms with van der Waals surface area (Å²) in [5, 5.41) is 26.3. The van der Waals surface area contributed by atoms with Crippen LogP contribution in [0.15, 0.2) is 34.1 Å². The van der Waals surface area contributed by atoms with Gasteiger partial charge in [-0.2, -0.15) is 0 Å². The van der Waals surface area contributed by atoms with Gasteiger partial charge in [-0.25, -0.2) is 8.42 Å². The number of sulfone groups is 1. The molecule has 2 aliphatic rings. The summed E-state index contributed by atoms with van der Waals surface area (Å²) in [5.74, 6) is -1.36. The van der Waals surface area contributed by atoms with Crippen LogP contribution in [0, 0.1) is 0 Å². The maximum absolute atomic E-state index is 12.4. The summed E-state index contributed by atoms with van der Waals surface area (Å²) in [5.41, 5.74) is 0. The molecule has 2 saturated heterocycles. The number of halogens is 4. The van der Waals surface area contributed by atoms with Crippen LogP contribution in [0.2, 0.25) is 20.1 Å². The summed E-state index contributed by atoms with van der Waals surface area (Å²) >= 11 is 22.5. The lowest BCUT2D eigenvalue weighted by Gasteiger charge is -2.32. The Morgan fingerprint density at radius 3 is 1.26 bits per heavy atom. The van der Waals surface area contributed by atoms with Crippen LogP contribution in [-0.4, -0.2) is 77.2 Å². The van der Waals surface area contributed by atoms with E-state index in [1.165, 1.54) is 59.0 Å². The van der Waals surface area contributed by atoms with Crippen molar-refractivity contribution in [2.45, 2.75) is 9.79 Å². The maximum Gasteiger partial charge on any atom is 0.206 e. The first kappa shape index (κ1) is 27.6. The Hall–Kier alpha value is -1.01. The minimum atomic E-state index is -4.08. The molecule has 2 fully saturated rings. The van der Waals surface area contributed by atoms with E-state index >= 15 is 0 Å². The smallest absolute Gasteiger partial charge is 0.206 e. The lowest BCUT2D eigenvalue weighted by Crippen LogP contribution is -2.91. The predicted molar refractivity (Wildman–Crippen MR) is 129 cm³/mol. The Labute approximate surface area is 219 Å². The Morgan fingerprint density at radius 2 is 0.971 bits per heavy atom. The van der Waals surface area contributed by atoms with E-state index in [1.54, 1.807) is 0 Å². The van der Waals surface area contributed by atoms with Crippen molar-refractivity contribution in [1.82, 2.24) is 9.80 Å². The molecular formula is C21H26Cl4N4O4S. The number of nitrogens with two attached hydrogens (primary N) is 2. The average Bonchev–Trinajstić information content (AvgIpc) is 2.82. The lowest BCUT2D eigenvalue weighted by atomic mass is 10.3. The molecule has 4 rings (SSSR count). The first-order valence-electron chi connectivity index (χ1n) is 10.7. The first-order valence-corrected chi connectivity index (χ1v) is 13.7. The molecule has 2 heterocycles. The molecule has 2 aliphatic heterocycles. The normalized spacial score (nSPS) is 17.8. The molecule has 2 aromatic rings. The Bertz CT molecular complexity index is 982. The summed E-state index contributed by atoms with van der Waals surface area (Å²) in [4.78, 5) is 4.57. The van der Waals surface area contributed by atoms with Gasteiger partial charge in [0, 0.05) is 46.3 Å². The third kappa shape index (κ3) is 7.02. The van der Waals surface area contributed by atoms with Gasteiger partial charge in [-0.15, -0.1) is 0 Å². The van der Waals surface area contributed by atoms with E-state index in [0.717, 1.165) is 24.3 Å². The third-order valence-corrected chi connectivity index (χ3v) is 8.40. The van der Waals surface area contributed by atoms with Crippen molar-refractivity contribution in [2.24, 2.45) is 0 Å². The van der Waals surface area contributed by atoms with E-state index < -0.39 is 21.3 Å². The molecule has 4 N–H and O–H groups in total. The fourth-order valence-electron chi connectivity index (χ4n) is 3.69. The quantitative estimate of drug-likeness (QED) is 0.532. The van der Waals surface area contributed by atoms with Crippen LogP contribution in [0.5, 0.6) is 11.5 Å². The molecule has 13 heteroatoms. The molecule has 0 aliphatic carbocycles. The van der Waals surface area contributed by atoms with Crippen molar-refractivity contribution >= 4 is 56.2 Å². The molecule has 0 saturated carbocycles. The van der Waals surface area contributed by atoms with Gasteiger partial charge in [0.05, 0.1) is 42.6 Å². The predicted octanol–water partition coefficient (Wildman–Crippen LogP) is -0.0179. The van der Waals surface area contributed by atoms with Gasteiger partial charge in [-0.05, 0) is 24.3 Å². The van der Waals surface area contributed by atoms with E-state index in [9.17, 15) is 18.6 Å². The molecular weight excluding hydrogens is 546 g/mol. The molecule has 8 nitrogen and oxygen atoms in total. The number of nitrogens with zero attached hydrogens (tertiary/aromatic N) is 2. The van der Waals surface area contributed by atoms with E-state index in [2.05, 4.69) is 20.4 Å². The molecule has 0 spiro atoms. The molecule has 0 bridgehead atoms. The number of quaternary nitrogens is 2. The van der Waals surface area contributed by atoms with Crippen molar-refractivity contribution in [3.63, 3.8) is 0 Å². The van der Waals surface area contributed by atoms with Gasteiger partial charge >= 0.3 is 0 Å². The van der Waals surface area contributed by atoms with Gasteiger partial charge in [0.2, 0.25) is 9.84 Å². The van der Waals surface area contributed by atoms with Crippen molar-refractivity contribution in [3.05, 3.63) is 44.4 Å². The molecule has 188 valence electrons. The van der Waals surface area contributed by atoms with Crippen molar-refractivity contribution in [1.29, 1.82) is 0 Å². The van der Waals surface area contributed by atoms with Crippen LogP contribution in [0.1, 0.15) is 0 Å². The van der Waals surface area contributed by atoms with Crippen LogP contribution in [-0.2, 0) is 9.84 Å². The Morgan fingerprint density at radius 1 is 0.676 bits per heavy atom. The fourth-order valence-corrected chi connectivity index (χ4v) is 6.29.